The summed E-state index contributed by atoms with van der Waals surface area (Å²) in [5.74, 6) is 0.653. The zero-order valence-corrected chi connectivity index (χ0v) is 10.9. The van der Waals surface area contributed by atoms with Gasteiger partial charge in [-0.15, -0.1) is 0 Å². The first-order chi connectivity index (χ1) is 7.66. The van der Waals surface area contributed by atoms with Gasteiger partial charge in [0.15, 0.2) is 0 Å². The van der Waals surface area contributed by atoms with Gasteiger partial charge >= 0.3 is 0 Å². The molecule has 0 aliphatic heterocycles. The van der Waals surface area contributed by atoms with Crippen LogP contribution >= 0.6 is 15.9 Å². The maximum Gasteiger partial charge on any atom is 0.272 e. The van der Waals surface area contributed by atoms with Gasteiger partial charge in [-0.1, -0.05) is 22.0 Å². The van der Waals surface area contributed by atoms with Crippen molar-refractivity contribution in [3.63, 3.8) is 0 Å². The summed E-state index contributed by atoms with van der Waals surface area (Å²) in [6.45, 7) is 0.831. The number of hydrogen-bond acceptors (Lipinski definition) is 2. The van der Waals surface area contributed by atoms with Crippen LogP contribution in [0.1, 0.15) is 23.3 Å². The van der Waals surface area contributed by atoms with Gasteiger partial charge in [0.1, 0.15) is 5.69 Å². The minimum Gasteiger partial charge on any atom is -0.340 e. The number of amides is 1. The molecule has 1 amide bonds. The molecule has 16 heavy (non-hydrogen) atoms. The number of carbonyl (C=O) groups excluding carboxylic acids is 1. The van der Waals surface area contributed by atoms with E-state index in [-0.39, 0.29) is 5.91 Å². The van der Waals surface area contributed by atoms with E-state index in [1.165, 1.54) is 12.8 Å². The number of aromatic nitrogens is 1. The van der Waals surface area contributed by atoms with E-state index in [1.807, 2.05) is 19.2 Å². The van der Waals surface area contributed by atoms with Crippen LogP contribution in [0.4, 0.5) is 0 Å². The number of hydrogen-bond donors (Lipinski definition) is 0. The number of alkyl halides is 1. The topological polar surface area (TPSA) is 33.2 Å². The molecule has 86 valence electrons. The average molecular weight is 283 g/mol. The van der Waals surface area contributed by atoms with Crippen LogP contribution in [-0.4, -0.2) is 34.2 Å². The fourth-order valence-electron chi connectivity index (χ4n) is 1.96. The summed E-state index contributed by atoms with van der Waals surface area (Å²) < 4.78 is 0. The fraction of sp³-hybridized carbons (Fsp3) is 0.500. The minimum atomic E-state index is 0.0126. The summed E-state index contributed by atoms with van der Waals surface area (Å²) in [5.41, 5.74) is 0.528. The maximum atomic E-state index is 12.0. The molecule has 0 N–H and O–H groups in total. The molecule has 1 fully saturated rings. The Morgan fingerprint density at radius 2 is 2.31 bits per heavy atom. The van der Waals surface area contributed by atoms with Crippen LogP contribution in [0.2, 0.25) is 0 Å². The molecule has 0 atom stereocenters. The Labute approximate surface area is 104 Å². The molecule has 1 saturated carbocycles. The fourth-order valence-corrected chi connectivity index (χ4v) is 3.02. The van der Waals surface area contributed by atoms with Gasteiger partial charge in [0.05, 0.1) is 0 Å². The Hall–Kier alpha value is -0.900. The van der Waals surface area contributed by atoms with E-state index in [4.69, 9.17) is 0 Å². The van der Waals surface area contributed by atoms with Crippen LogP contribution in [0.15, 0.2) is 24.4 Å². The highest BCUT2D eigenvalue weighted by Crippen LogP contribution is 2.33. The third-order valence-corrected chi connectivity index (χ3v) is 3.69. The van der Waals surface area contributed by atoms with Gasteiger partial charge in [0.2, 0.25) is 0 Å². The molecule has 0 saturated heterocycles. The van der Waals surface area contributed by atoms with Gasteiger partial charge in [-0.2, -0.15) is 0 Å². The summed E-state index contributed by atoms with van der Waals surface area (Å²) in [7, 11) is 1.85. The van der Waals surface area contributed by atoms with Crippen LogP contribution in [0.25, 0.3) is 0 Å². The van der Waals surface area contributed by atoms with E-state index in [0.29, 0.717) is 16.4 Å². The molecular formula is C12H15BrN2O. The lowest BCUT2D eigenvalue weighted by Gasteiger charge is -2.34. The molecular weight excluding hydrogens is 268 g/mol. The molecule has 4 heteroatoms. The average Bonchev–Trinajstić information content (AvgIpc) is 2.27. The maximum absolute atomic E-state index is 12.0. The van der Waals surface area contributed by atoms with Gasteiger partial charge in [-0.05, 0) is 30.9 Å². The lowest BCUT2D eigenvalue weighted by molar-refractivity contribution is 0.0743. The number of rotatable bonds is 3. The molecule has 0 aromatic carbocycles. The molecule has 3 nitrogen and oxygen atoms in total. The molecule has 0 radical (unpaired) electrons. The van der Waals surface area contributed by atoms with Crippen molar-refractivity contribution in [1.29, 1.82) is 0 Å². The second-order valence-corrected chi connectivity index (χ2v) is 5.63. The van der Waals surface area contributed by atoms with Crippen LogP contribution in [-0.2, 0) is 0 Å². The van der Waals surface area contributed by atoms with Gasteiger partial charge < -0.3 is 4.90 Å². The predicted molar refractivity (Wildman–Crippen MR) is 66.6 cm³/mol. The molecule has 1 aliphatic carbocycles. The number of nitrogens with zero attached hydrogens (tertiary/aromatic N) is 2. The standard InChI is InChI=1S/C12H15BrN2O/c1-15(8-9-6-10(13)7-9)12(16)11-4-2-3-5-14-11/h2-5,9-10H,6-8H2,1H3. The molecule has 0 spiro atoms. The highest BCUT2D eigenvalue weighted by atomic mass is 79.9. The van der Waals surface area contributed by atoms with E-state index < -0.39 is 0 Å². The van der Waals surface area contributed by atoms with Crippen LogP contribution in [0, 0.1) is 5.92 Å². The summed E-state index contributed by atoms with van der Waals surface area (Å²) >= 11 is 3.56. The van der Waals surface area contributed by atoms with Crippen molar-refractivity contribution >= 4 is 21.8 Å². The molecule has 1 heterocycles. The van der Waals surface area contributed by atoms with E-state index >= 15 is 0 Å². The van der Waals surface area contributed by atoms with Crippen LogP contribution in [0.5, 0.6) is 0 Å². The normalized spacial score (nSPS) is 23.6. The van der Waals surface area contributed by atoms with Crippen molar-refractivity contribution in [3.8, 4) is 0 Å². The van der Waals surface area contributed by atoms with Crippen LogP contribution in [0.3, 0.4) is 0 Å². The lowest BCUT2D eigenvalue weighted by atomic mass is 9.85. The van der Waals surface area contributed by atoms with Gasteiger partial charge in [-0.25, -0.2) is 0 Å². The van der Waals surface area contributed by atoms with E-state index in [0.717, 1.165) is 6.54 Å². The summed E-state index contributed by atoms with van der Waals surface area (Å²) in [4.78, 5) is 18.4. The summed E-state index contributed by atoms with van der Waals surface area (Å²) in [5, 5.41) is 0. The van der Waals surface area contributed by atoms with Crippen molar-refractivity contribution in [2.75, 3.05) is 13.6 Å². The first kappa shape index (κ1) is 11.6. The first-order valence-electron chi connectivity index (χ1n) is 5.47. The monoisotopic (exact) mass is 282 g/mol. The van der Waals surface area contributed by atoms with Crippen molar-refractivity contribution in [2.45, 2.75) is 17.7 Å². The van der Waals surface area contributed by atoms with E-state index in [2.05, 4.69) is 20.9 Å². The number of carbonyl (C=O) groups is 1. The van der Waals surface area contributed by atoms with Crippen molar-refractivity contribution in [2.24, 2.45) is 5.92 Å². The predicted octanol–water partition coefficient (Wildman–Crippen LogP) is 2.33. The SMILES string of the molecule is CN(CC1CC(Br)C1)C(=O)c1ccccn1. The quantitative estimate of drug-likeness (QED) is 0.798. The molecule has 2 rings (SSSR count). The van der Waals surface area contributed by atoms with E-state index in [1.54, 1.807) is 17.2 Å². The van der Waals surface area contributed by atoms with Crippen molar-refractivity contribution in [1.82, 2.24) is 9.88 Å². The summed E-state index contributed by atoms with van der Waals surface area (Å²) in [6.07, 6.45) is 3.98. The summed E-state index contributed by atoms with van der Waals surface area (Å²) in [6, 6.07) is 5.41. The Morgan fingerprint density at radius 1 is 1.56 bits per heavy atom. The second-order valence-electron chi connectivity index (χ2n) is 4.34. The van der Waals surface area contributed by atoms with Gasteiger partial charge in [-0.3, -0.25) is 9.78 Å². The third-order valence-electron chi connectivity index (χ3n) is 2.94. The van der Waals surface area contributed by atoms with Gasteiger partial charge in [0.25, 0.3) is 5.91 Å². The zero-order valence-electron chi connectivity index (χ0n) is 9.27. The molecule has 0 bridgehead atoms. The molecule has 1 aliphatic rings. The number of halogens is 1. The second kappa shape index (κ2) is 4.95. The zero-order chi connectivity index (χ0) is 11.5. The van der Waals surface area contributed by atoms with Gasteiger partial charge in [0, 0.05) is 24.6 Å². The molecule has 1 aromatic heterocycles. The first-order valence-corrected chi connectivity index (χ1v) is 6.39. The Balaban J connectivity index is 1.90. The highest BCUT2D eigenvalue weighted by Gasteiger charge is 2.29. The van der Waals surface area contributed by atoms with Crippen molar-refractivity contribution < 1.29 is 4.79 Å². The Bertz CT molecular complexity index is 363. The van der Waals surface area contributed by atoms with Crippen LogP contribution < -0.4 is 0 Å². The highest BCUT2D eigenvalue weighted by molar-refractivity contribution is 9.09. The minimum absolute atomic E-state index is 0.0126. The van der Waals surface area contributed by atoms with E-state index in [9.17, 15) is 4.79 Å². The molecule has 0 unspecified atom stereocenters. The van der Waals surface area contributed by atoms with Crippen molar-refractivity contribution in [3.05, 3.63) is 30.1 Å². The lowest BCUT2D eigenvalue weighted by Crippen LogP contribution is -2.38. The Kier molecular flexibility index (Phi) is 3.59. The number of pyridine rings is 1. The Morgan fingerprint density at radius 3 is 2.88 bits per heavy atom. The molecule has 1 aromatic rings. The smallest absolute Gasteiger partial charge is 0.272 e. The largest absolute Gasteiger partial charge is 0.340 e. The third kappa shape index (κ3) is 2.61.